The van der Waals surface area contributed by atoms with Gasteiger partial charge in [0.25, 0.3) is 10.1 Å². The smallest absolute Gasteiger partial charge is 0.859 e. The zero-order valence-corrected chi connectivity index (χ0v) is 24.9. The maximum absolute atomic E-state index is 12.1. The zero-order chi connectivity index (χ0) is 25.8. The molecule has 0 aliphatic heterocycles. The summed E-state index contributed by atoms with van der Waals surface area (Å²) in [5.41, 5.74) is -0.0718. The summed E-state index contributed by atoms with van der Waals surface area (Å²) in [4.78, 5) is 3.69. The third-order valence-electron chi connectivity index (χ3n) is 10.6. The molecule has 0 saturated heterocycles. The standard InChI is InChI=1S/C26H43NO7S.Na/c1-15(4-7-21(29)27-12-13-35(32,33)34)17-5-6-18-22-19(9-11-25(17,18)2)26(3)10-8-16(28)14-20(26)23(30)24(22)31;/h4,7,15-20,22-24,28,30-31H,5-6,8-14H2,1-3H3,(H,27,29)(H,32,33,34);/q;+1/p-1/b7-4+;/t15-,16-,17-,18+,19+,20+,22+,23+,24-,25-,26-;/m1./s1. The van der Waals surface area contributed by atoms with Crippen LogP contribution >= 0.6 is 0 Å². The Labute approximate surface area is 237 Å². The number of aliphatic imine (C=N–C) groups is 1. The van der Waals surface area contributed by atoms with E-state index >= 15 is 0 Å². The van der Waals surface area contributed by atoms with Crippen LogP contribution in [0.2, 0.25) is 0 Å². The largest absolute Gasteiger partial charge is 1.00 e. The van der Waals surface area contributed by atoms with E-state index in [1.807, 2.05) is 6.08 Å². The van der Waals surface area contributed by atoms with Gasteiger partial charge in [-0.2, -0.15) is 8.42 Å². The molecule has 0 amide bonds. The third kappa shape index (κ3) is 5.64. The van der Waals surface area contributed by atoms with Crippen LogP contribution in [0, 0.1) is 46.3 Å². The normalized spacial score (nSPS) is 45.9. The van der Waals surface area contributed by atoms with Crippen molar-refractivity contribution in [3.63, 3.8) is 0 Å². The molecule has 200 valence electrons. The quantitative estimate of drug-likeness (QED) is 0.144. The number of allylic oxidation sites excluding steroid dienone is 1. The number of rotatable bonds is 6. The first-order valence-electron chi connectivity index (χ1n) is 13.2. The molecule has 0 aromatic heterocycles. The van der Waals surface area contributed by atoms with Crippen LogP contribution in [0.3, 0.4) is 0 Å². The van der Waals surface area contributed by atoms with Gasteiger partial charge in [-0.25, -0.2) is 0 Å². The van der Waals surface area contributed by atoms with Crippen LogP contribution in [0.4, 0.5) is 0 Å². The Morgan fingerprint density at radius 3 is 2.33 bits per heavy atom. The fourth-order valence-corrected chi connectivity index (χ4v) is 9.16. The van der Waals surface area contributed by atoms with E-state index in [-0.39, 0.29) is 64.7 Å². The number of aliphatic hydroxyl groups is 3. The molecule has 4 N–H and O–H groups in total. The topological polar surface area (TPSA) is 150 Å². The minimum Gasteiger partial charge on any atom is -0.859 e. The summed E-state index contributed by atoms with van der Waals surface area (Å²) < 4.78 is 30.4. The third-order valence-corrected chi connectivity index (χ3v) is 11.3. The van der Waals surface area contributed by atoms with Crippen molar-refractivity contribution in [3.05, 3.63) is 12.2 Å². The summed E-state index contributed by atoms with van der Waals surface area (Å²) in [7, 11) is -4.14. The Morgan fingerprint density at radius 2 is 1.67 bits per heavy atom. The van der Waals surface area contributed by atoms with E-state index in [1.54, 1.807) is 0 Å². The van der Waals surface area contributed by atoms with E-state index in [0.29, 0.717) is 24.2 Å². The summed E-state index contributed by atoms with van der Waals surface area (Å²) in [5.74, 6) is -0.0246. The second kappa shape index (κ2) is 11.2. The molecule has 8 nitrogen and oxygen atoms in total. The van der Waals surface area contributed by atoms with Crippen molar-refractivity contribution >= 4 is 16.0 Å². The summed E-state index contributed by atoms with van der Waals surface area (Å²) in [5, 5.41) is 44.8. The summed E-state index contributed by atoms with van der Waals surface area (Å²) in [6.07, 6.45) is 7.51. The number of hydrogen-bond donors (Lipinski definition) is 4. The average molecular weight is 536 g/mol. The van der Waals surface area contributed by atoms with Gasteiger partial charge < -0.3 is 20.4 Å². The Balaban J connectivity index is 0.00000361. The second-order valence-corrected chi connectivity index (χ2v) is 13.8. The number of aliphatic hydroxyl groups excluding tert-OH is 3. The molecule has 0 aromatic carbocycles. The predicted molar refractivity (Wildman–Crippen MR) is 131 cm³/mol. The van der Waals surface area contributed by atoms with Crippen LogP contribution in [0.25, 0.3) is 0 Å². The number of nitrogens with zero attached hydrogens (tertiary/aromatic N) is 1. The van der Waals surface area contributed by atoms with E-state index < -0.39 is 40.1 Å². The molecule has 10 heteroatoms. The maximum atomic E-state index is 12.1. The summed E-state index contributed by atoms with van der Waals surface area (Å²) >= 11 is 0. The van der Waals surface area contributed by atoms with Crippen molar-refractivity contribution in [3.8, 4) is 0 Å². The molecule has 4 aliphatic rings. The van der Waals surface area contributed by atoms with E-state index in [1.165, 1.54) is 6.08 Å². The molecule has 0 bridgehead atoms. The molecule has 4 rings (SSSR count). The van der Waals surface area contributed by atoms with Crippen LogP contribution in [-0.4, -0.2) is 64.8 Å². The van der Waals surface area contributed by atoms with Crippen molar-refractivity contribution in [2.24, 2.45) is 51.3 Å². The van der Waals surface area contributed by atoms with Crippen molar-refractivity contribution < 1.29 is 63.0 Å². The molecule has 4 saturated carbocycles. The first kappa shape index (κ1) is 30.5. The van der Waals surface area contributed by atoms with Crippen LogP contribution in [0.5, 0.6) is 0 Å². The summed E-state index contributed by atoms with van der Waals surface area (Å²) in [6, 6.07) is 0. The molecular formula is C26H42NNaO7S. The fourth-order valence-electron chi connectivity index (χ4n) is 8.84. The van der Waals surface area contributed by atoms with E-state index in [9.17, 15) is 28.8 Å². The van der Waals surface area contributed by atoms with Gasteiger partial charge in [-0.1, -0.05) is 32.9 Å². The molecular weight excluding hydrogens is 493 g/mol. The van der Waals surface area contributed by atoms with Crippen molar-refractivity contribution in [1.82, 2.24) is 0 Å². The second-order valence-electron chi connectivity index (χ2n) is 12.3. The Bertz CT molecular complexity index is 958. The molecule has 0 radical (unpaired) electrons. The van der Waals surface area contributed by atoms with Crippen molar-refractivity contribution in [2.45, 2.75) is 84.0 Å². The molecule has 0 unspecified atom stereocenters. The number of fused-ring (bicyclic) bond motifs is 5. The minimum atomic E-state index is -4.14. The summed E-state index contributed by atoms with van der Waals surface area (Å²) in [6.45, 7) is 6.41. The fraction of sp³-hybridized carbons (Fsp3) is 0.885. The van der Waals surface area contributed by atoms with Crippen LogP contribution in [-0.2, 0) is 10.1 Å². The molecule has 4 fully saturated rings. The van der Waals surface area contributed by atoms with Gasteiger partial charge in [-0.3, -0.25) is 9.55 Å². The Kier molecular flexibility index (Phi) is 9.53. The van der Waals surface area contributed by atoms with Gasteiger partial charge in [-0.15, -0.1) is 0 Å². The molecule has 0 heterocycles. The molecule has 0 aromatic rings. The Morgan fingerprint density at radius 1 is 1.03 bits per heavy atom. The Hall–Kier alpha value is -0.000000000000000222. The van der Waals surface area contributed by atoms with Crippen molar-refractivity contribution in [2.75, 3.05) is 12.3 Å². The van der Waals surface area contributed by atoms with Gasteiger partial charge in [0, 0.05) is 0 Å². The first-order chi connectivity index (χ1) is 16.3. The average Bonchev–Trinajstić information content (AvgIpc) is 3.13. The van der Waals surface area contributed by atoms with E-state index in [0.717, 1.165) is 38.5 Å². The van der Waals surface area contributed by atoms with Crippen LogP contribution in [0.15, 0.2) is 17.1 Å². The number of hydrogen-bond acceptors (Lipinski definition) is 7. The van der Waals surface area contributed by atoms with E-state index in [4.69, 9.17) is 4.55 Å². The van der Waals surface area contributed by atoms with E-state index in [2.05, 4.69) is 25.8 Å². The van der Waals surface area contributed by atoms with Crippen molar-refractivity contribution in [1.29, 1.82) is 0 Å². The zero-order valence-electron chi connectivity index (χ0n) is 22.1. The molecule has 11 atom stereocenters. The van der Waals surface area contributed by atoms with Gasteiger partial charge in [0.05, 0.1) is 30.6 Å². The van der Waals surface area contributed by atoms with Gasteiger partial charge in [0.1, 0.15) is 0 Å². The van der Waals surface area contributed by atoms with Crippen LogP contribution < -0.4 is 34.7 Å². The van der Waals surface area contributed by atoms with Gasteiger partial charge >= 0.3 is 29.6 Å². The first-order valence-corrected chi connectivity index (χ1v) is 14.8. The van der Waals surface area contributed by atoms with Gasteiger partial charge in [0.15, 0.2) is 0 Å². The molecule has 0 spiro atoms. The van der Waals surface area contributed by atoms with Gasteiger partial charge in [-0.05, 0) is 97.2 Å². The molecule has 4 aliphatic carbocycles. The predicted octanol–water partition coefficient (Wildman–Crippen LogP) is -1.21. The maximum Gasteiger partial charge on any atom is 1.00 e. The SMILES string of the molecule is C[C@H](/C=C/C([O-])=NCCS(=O)(=O)O)[C@H]1CC[C@H]2[C@@H]3[C@@H](O)[C@@H](O)[C@@H]4C[C@H](O)CC[C@]4(C)[C@H]3CC[C@]12C.[Na+]. The monoisotopic (exact) mass is 535 g/mol. The van der Waals surface area contributed by atoms with Crippen LogP contribution in [0.1, 0.15) is 65.7 Å². The van der Waals surface area contributed by atoms with Gasteiger partial charge in [0.2, 0.25) is 0 Å². The minimum absolute atomic E-state index is 0. The molecule has 36 heavy (non-hydrogen) atoms.